The van der Waals surface area contributed by atoms with E-state index in [0.717, 1.165) is 60.2 Å². The van der Waals surface area contributed by atoms with Crippen LogP contribution in [0.25, 0.3) is 0 Å². The van der Waals surface area contributed by atoms with Crippen LogP contribution in [-0.2, 0) is 10.2 Å². The van der Waals surface area contributed by atoms with Gasteiger partial charge in [-0.2, -0.15) is 0 Å². The second kappa shape index (κ2) is 8.81. The Morgan fingerprint density at radius 1 is 1.07 bits per heavy atom. The molecular weight excluding hydrogens is 346 g/mol. The summed E-state index contributed by atoms with van der Waals surface area (Å²) in [5.41, 5.74) is 3.70. The van der Waals surface area contributed by atoms with E-state index in [1.807, 2.05) is 44.2 Å². The highest BCUT2D eigenvalue weighted by atomic mass is 16.5. The lowest BCUT2D eigenvalue weighted by Crippen LogP contribution is -2.42. The Balaban J connectivity index is 1.86. The number of aryl methyl sites for hydroxylation is 2. The summed E-state index contributed by atoms with van der Waals surface area (Å²) in [6.07, 6.45) is 6.39. The van der Waals surface area contributed by atoms with Crippen molar-refractivity contribution in [3.8, 4) is 5.75 Å². The molecule has 0 aliphatic heterocycles. The predicted molar refractivity (Wildman–Crippen MR) is 116 cm³/mol. The maximum absolute atomic E-state index is 13.5. The molecule has 3 rings (SSSR count). The SMILES string of the molecule is CC[C@H](C)Oc1c(C)cc(NC(=O)C2(c3ccccc3)CCCCC2)cc1C. The maximum Gasteiger partial charge on any atom is 0.235 e. The molecule has 1 fully saturated rings. The number of ether oxygens (including phenoxy) is 1. The zero-order valence-corrected chi connectivity index (χ0v) is 17.7. The van der Waals surface area contributed by atoms with Gasteiger partial charge in [0.05, 0.1) is 11.5 Å². The number of benzene rings is 2. The van der Waals surface area contributed by atoms with E-state index in [2.05, 4.69) is 31.3 Å². The normalized spacial score (nSPS) is 17.0. The summed E-state index contributed by atoms with van der Waals surface area (Å²) in [5.74, 6) is 1.05. The Bertz CT molecular complexity index is 784. The molecule has 0 heterocycles. The van der Waals surface area contributed by atoms with Gasteiger partial charge in [0.25, 0.3) is 0 Å². The highest BCUT2D eigenvalue weighted by Gasteiger charge is 2.41. The van der Waals surface area contributed by atoms with Crippen LogP contribution in [0.1, 0.15) is 69.1 Å². The van der Waals surface area contributed by atoms with Crippen LogP contribution in [0.4, 0.5) is 5.69 Å². The fourth-order valence-corrected chi connectivity index (χ4v) is 4.30. The average Bonchev–Trinajstić information content (AvgIpc) is 2.71. The molecule has 2 aromatic rings. The van der Waals surface area contributed by atoms with Gasteiger partial charge in [-0.05, 0) is 68.9 Å². The van der Waals surface area contributed by atoms with Gasteiger partial charge < -0.3 is 10.1 Å². The molecule has 1 aliphatic rings. The minimum atomic E-state index is -0.423. The lowest BCUT2D eigenvalue weighted by molar-refractivity contribution is -0.122. The van der Waals surface area contributed by atoms with Gasteiger partial charge in [0.15, 0.2) is 0 Å². The first-order valence-electron chi connectivity index (χ1n) is 10.6. The number of anilines is 1. The van der Waals surface area contributed by atoms with Crippen LogP contribution in [0, 0.1) is 13.8 Å². The molecule has 0 aromatic heterocycles. The van der Waals surface area contributed by atoms with Crippen molar-refractivity contribution >= 4 is 11.6 Å². The Morgan fingerprint density at radius 2 is 1.68 bits per heavy atom. The molecule has 0 bridgehead atoms. The van der Waals surface area contributed by atoms with Crippen LogP contribution in [0.3, 0.4) is 0 Å². The molecule has 1 atom stereocenters. The summed E-state index contributed by atoms with van der Waals surface area (Å²) < 4.78 is 6.08. The van der Waals surface area contributed by atoms with Gasteiger partial charge in [-0.15, -0.1) is 0 Å². The number of carbonyl (C=O) groups excluding carboxylic acids is 1. The van der Waals surface area contributed by atoms with Gasteiger partial charge in [-0.1, -0.05) is 56.5 Å². The first-order valence-corrected chi connectivity index (χ1v) is 10.6. The van der Waals surface area contributed by atoms with Crippen molar-refractivity contribution in [2.24, 2.45) is 0 Å². The molecule has 1 amide bonds. The third-order valence-electron chi connectivity index (χ3n) is 6.08. The predicted octanol–water partition coefficient (Wildman–Crippen LogP) is 6.32. The fourth-order valence-electron chi connectivity index (χ4n) is 4.30. The summed E-state index contributed by atoms with van der Waals surface area (Å²) in [6, 6.07) is 14.4. The molecule has 3 heteroatoms. The second-order valence-electron chi connectivity index (χ2n) is 8.24. The molecule has 28 heavy (non-hydrogen) atoms. The smallest absolute Gasteiger partial charge is 0.235 e. The van der Waals surface area contributed by atoms with Crippen LogP contribution in [0.15, 0.2) is 42.5 Å². The van der Waals surface area contributed by atoms with Gasteiger partial charge in [0, 0.05) is 5.69 Å². The maximum atomic E-state index is 13.5. The first-order chi connectivity index (χ1) is 13.5. The summed E-state index contributed by atoms with van der Waals surface area (Å²) in [4.78, 5) is 13.5. The number of hydrogen-bond donors (Lipinski definition) is 1. The van der Waals surface area contributed by atoms with Crippen LogP contribution < -0.4 is 10.1 Å². The van der Waals surface area contributed by atoms with Crippen molar-refractivity contribution in [3.05, 3.63) is 59.2 Å². The monoisotopic (exact) mass is 379 g/mol. The van der Waals surface area contributed by atoms with Crippen LogP contribution in [-0.4, -0.2) is 12.0 Å². The molecular formula is C25H33NO2. The van der Waals surface area contributed by atoms with E-state index in [-0.39, 0.29) is 12.0 Å². The minimum Gasteiger partial charge on any atom is -0.490 e. The summed E-state index contributed by atoms with van der Waals surface area (Å²) >= 11 is 0. The van der Waals surface area contributed by atoms with Crippen molar-refractivity contribution in [1.82, 2.24) is 0 Å². The highest BCUT2D eigenvalue weighted by Crippen LogP contribution is 2.40. The zero-order chi connectivity index (χ0) is 20.1. The quantitative estimate of drug-likeness (QED) is 0.637. The molecule has 1 aliphatic carbocycles. The average molecular weight is 380 g/mol. The van der Waals surface area contributed by atoms with E-state index in [1.165, 1.54) is 6.42 Å². The molecule has 0 saturated heterocycles. The minimum absolute atomic E-state index is 0.118. The summed E-state index contributed by atoms with van der Waals surface area (Å²) in [7, 11) is 0. The highest BCUT2D eigenvalue weighted by molar-refractivity contribution is 5.99. The number of nitrogens with one attached hydrogen (secondary N) is 1. The third kappa shape index (κ3) is 4.24. The fraction of sp³-hybridized carbons (Fsp3) is 0.480. The summed E-state index contributed by atoms with van der Waals surface area (Å²) in [6.45, 7) is 8.31. The van der Waals surface area contributed by atoms with E-state index in [4.69, 9.17) is 4.74 Å². The largest absolute Gasteiger partial charge is 0.490 e. The molecule has 150 valence electrons. The van der Waals surface area contributed by atoms with Gasteiger partial charge >= 0.3 is 0 Å². The topological polar surface area (TPSA) is 38.3 Å². The van der Waals surface area contributed by atoms with E-state index in [1.54, 1.807) is 0 Å². The molecule has 0 spiro atoms. The van der Waals surface area contributed by atoms with Gasteiger partial charge in [0.1, 0.15) is 5.75 Å². The molecule has 0 radical (unpaired) electrons. The lowest BCUT2D eigenvalue weighted by atomic mass is 9.68. The van der Waals surface area contributed by atoms with Gasteiger partial charge in [0.2, 0.25) is 5.91 Å². The lowest BCUT2D eigenvalue weighted by Gasteiger charge is -2.36. The third-order valence-corrected chi connectivity index (χ3v) is 6.08. The van der Waals surface area contributed by atoms with E-state index < -0.39 is 5.41 Å². The number of hydrogen-bond acceptors (Lipinski definition) is 2. The van der Waals surface area contributed by atoms with Gasteiger partial charge in [-0.25, -0.2) is 0 Å². The van der Waals surface area contributed by atoms with Gasteiger partial charge in [-0.3, -0.25) is 4.79 Å². The van der Waals surface area contributed by atoms with Crippen molar-refractivity contribution in [1.29, 1.82) is 0 Å². The molecule has 2 aromatic carbocycles. The van der Waals surface area contributed by atoms with E-state index >= 15 is 0 Å². The molecule has 0 unspecified atom stereocenters. The van der Waals surface area contributed by atoms with Crippen molar-refractivity contribution < 1.29 is 9.53 Å². The Morgan fingerprint density at radius 3 is 2.25 bits per heavy atom. The van der Waals surface area contributed by atoms with Crippen molar-refractivity contribution in [2.45, 2.75) is 77.7 Å². The number of carbonyl (C=O) groups is 1. The van der Waals surface area contributed by atoms with Crippen molar-refractivity contribution in [2.75, 3.05) is 5.32 Å². The Labute approximate surface area is 169 Å². The number of amides is 1. The van der Waals surface area contributed by atoms with Crippen LogP contribution >= 0.6 is 0 Å². The molecule has 1 N–H and O–H groups in total. The van der Waals surface area contributed by atoms with E-state index in [9.17, 15) is 4.79 Å². The molecule has 3 nitrogen and oxygen atoms in total. The second-order valence-corrected chi connectivity index (χ2v) is 8.24. The number of rotatable bonds is 6. The first kappa shape index (κ1) is 20.4. The summed E-state index contributed by atoms with van der Waals surface area (Å²) in [5, 5.41) is 3.23. The van der Waals surface area contributed by atoms with Crippen LogP contribution in [0.5, 0.6) is 5.75 Å². The Kier molecular flexibility index (Phi) is 6.43. The van der Waals surface area contributed by atoms with Crippen molar-refractivity contribution in [3.63, 3.8) is 0 Å². The van der Waals surface area contributed by atoms with Crippen LogP contribution in [0.2, 0.25) is 0 Å². The van der Waals surface area contributed by atoms with E-state index in [0.29, 0.717) is 0 Å². The Hall–Kier alpha value is -2.29. The molecule has 1 saturated carbocycles. The zero-order valence-electron chi connectivity index (χ0n) is 17.7. The standard InChI is InChI=1S/C25H33NO2/c1-5-20(4)28-23-18(2)16-22(17-19(23)3)26-24(27)25(14-10-7-11-15-25)21-12-8-6-9-13-21/h6,8-9,12-13,16-17,20H,5,7,10-11,14-15H2,1-4H3,(H,26,27)/t20-/m0/s1.